The Morgan fingerprint density at radius 1 is 0.902 bits per heavy atom. The highest BCUT2D eigenvalue weighted by atomic mass is 16.9. The summed E-state index contributed by atoms with van der Waals surface area (Å²) in [5.41, 5.74) is 10.1. The molecule has 1 aromatic rings. The van der Waals surface area contributed by atoms with Gasteiger partial charge >= 0.3 is 0 Å². The van der Waals surface area contributed by atoms with Crippen molar-refractivity contribution in [3.8, 4) is 0 Å². The van der Waals surface area contributed by atoms with E-state index >= 15 is 0 Å². The van der Waals surface area contributed by atoms with Crippen LogP contribution >= 0.6 is 0 Å². The fourth-order valence-electron chi connectivity index (χ4n) is 5.62. The number of anilines is 2. The zero-order valence-electron chi connectivity index (χ0n) is 27.5. The lowest BCUT2D eigenvalue weighted by atomic mass is 9.76. The standard InChI is InChI=1S/C31H56N2O8/c1-14-35-21(6)37-24(9)40-31(13,41-25(10)39-23(8)38-22(7)36-20(5)34)33-29-17-27(18(2)3)28(32)16-26(29)15-19(4)30(33,11)12/h16-25,34H,14-15,32H2,1-13H3. The summed E-state index contributed by atoms with van der Waals surface area (Å²) in [7, 11) is 0. The van der Waals surface area contributed by atoms with E-state index in [1.165, 1.54) is 6.92 Å². The van der Waals surface area contributed by atoms with E-state index in [-0.39, 0.29) is 11.8 Å². The molecule has 238 valence electrons. The van der Waals surface area contributed by atoms with Gasteiger partial charge in [-0.3, -0.25) is 0 Å². The van der Waals surface area contributed by atoms with Crippen LogP contribution in [-0.2, 0) is 39.6 Å². The number of nitrogen functional groups attached to an aromatic ring is 1. The molecule has 1 heterocycles. The second kappa shape index (κ2) is 14.8. The number of fused-ring (bicyclic) bond motifs is 1. The Hall–Kier alpha value is -1.50. The van der Waals surface area contributed by atoms with E-state index in [0.717, 1.165) is 28.9 Å². The number of rotatable bonds is 16. The predicted octanol–water partition coefficient (Wildman–Crippen LogP) is 6.05. The minimum atomic E-state index is -1.34. The first-order valence-corrected chi connectivity index (χ1v) is 14.9. The Kier molecular flexibility index (Phi) is 12.9. The largest absolute Gasteiger partial charge is 0.398 e. The first-order chi connectivity index (χ1) is 18.9. The molecule has 0 saturated carbocycles. The molecule has 0 saturated heterocycles. The third-order valence-electron chi connectivity index (χ3n) is 7.57. The van der Waals surface area contributed by atoms with Gasteiger partial charge in [-0.15, -0.1) is 0 Å². The van der Waals surface area contributed by atoms with E-state index < -0.39 is 49.2 Å². The summed E-state index contributed by atoms with van der Waals surface area (Å²) in [6, 6.07) is 4.24. The number of benzene rings is 1. The normalized spacial score (nSPS) is 22.9. The first-order valence-electron chi connectivity index (χ1n) is 14.9. The van der Waals surface area contributed by atoms with Gasteiger partial charge in [-0.1, -0.05) is 20.8 Å². The molecule has 2 rings (SSSR count). The van der Waals surface area contributed by atoms with Crippen molar-refractivity contribution in [2.24, 2.45) is 5.92 Å². The molecule has 0 radical (unpaired) electrons. The summed E-state index contributed by atoms with van der Waals surface area (Å²) in [6.07, 6.45) is -3.38. The minimum Gasteiger partial charge on any atom is -0.398 e. The fraction of sp³-hybridized carbons (Fsp3) is 0.806. The van der Waals surface area contributed by atoms with Gasteiger partial charge in [0, 0.05) is 30.4 Å². The van der Waals surface area contributed by atoms with Crippen molar-refractivity contribution in [1.29, 1.82) is 0 Å². The minimum absolute atomic E-state index is 0.234. The van der Waals surface area contributed by atoms with Gasteiger partial charge in [-0.2, -0.15) is 0 Å². The fourth-order valence-corrected chi connectivity index (χ4v) is 5.62. The van der Waals surface area contributed by atoms with Crippen LogP contribution in [0.2, 0.25) is 0 Å². The van der Waals surface area contributed by atoms with Gasteiger partial charge in [-0.05, 0) is 104 Å². The summed E-state index contributed by atoms with van der Waals surface area (Å²) < 4.78 is 42.0. The molecular formula is C31H56N2O8. The summed E-state index contributed by atoms with van der Waals surface area (Å²) in [5.74, 6) is -0.872. The van der Waals surface area contributed by atoms with E-state index in [1.807, 2.05) is 27.7 Å². The number of hydrogen-bond acceptors (Lipinski definition) is 10. The summed E-state index contributed by atoms with van der Waals surface area (Å²) in [6.45, 7) is 25.6. The van der Waals surface area contributed by atoms with Crippen LogP contribution in [0, 0.1) is 5.92 Å². The van der Waals surface area contributed by atoms with Gasteiger partial charge in [0.25, 0.3) is 5.91 Å². The molecule has 0 bridgehead atoms. The molecule has 3 N–H and O–H groups in total. The predicted molar refractivity (Wildman–Crippen MR) is 160 cm³/mol. The first kappa shape index (κ1) is 35.7. The third kappa shape index (κ3) is 9.49. The molecule has 0 aliphatic carbocycles. The van der Waals surface area contributed by atoms with Gasteiger partial charge in [0.05, 0.1) is 0 Å². The number of nitrogens with two attached hydrogens (primary N) is 1. The van der Waals surface area contributed by atoms with E-state index in [4.69, 9.17) is 38.9 Å². The molecule has 10 heteroatoms. The van der Waals surface area contributed by atoms with E-state index in [9.17, 15) is 5.11 Å². The van der Waals surface area contributed by atoms with Crippen LogP contribution in [0.4, 0.5) is 11.4 Å². The highest BCUT2D eigenvalue weighted by molar-refractivity contribution is 5.68. The average molecular weight is 585 g/mol. The van der Waals surface area contributed by atoms with Crippen LogP contribution in [0.5, 0.6) is 0 Å². The average Bonchev–Trinajstić information content (AvgIpc) is 2.78. The molecule has 0 aromatic heterocycles. The smallest absolute Gasteiger partial charge is 0.253 e. The lowest BCUT2D eigenvalue weighted by molar-refractivity contribution is -0.377. The van der Waals surface area contributed by atoms with Crippen molar-refractivity contribution >= 4 is 11.4 Å². The molecule has 1 aliphatic heterocycles. The zero-order valence-corrected chi connectivity index (χ0v) is 27.5. The monoisotopic (exact) mass is 584 g/mol. The lowest BCUT2D eigenvalue weighted by Gasteiger charge is -2.56. The summed E-state index contributed by atoms with van der Waals surface area (Å²) >= 11 is 0. The van der Waals surface area contributed by atoms with Gasteiger partial charge < -0.3 is 48.9 Å². The molecule has 10 nitrogen and oxygen atoms in total. The van der Waals surface area contributed by atoms with Crippen LogP contribution in [0.15, 0.2) is 12.1 Å². The van der Waals surface area contributed by atoms with Gasteiger partial charge in [0.15, 0.2) is 37.7 Å². The van der Waals surface area contributed by atoms with Crippen molar-refractivity contribution in [1.82, 2.24) is 0 Å². The Balaban J connectivity index is 2.51. The highest BCUT2D eigenvalue weighted by Gasteiger charge is 2.51. The van der Waals surface area contributed by atoms with Crippen LogP contribution in [-0.4, -0.2) is 60.9 Å². The van der Waals surface area contributed by atoms with E-state index in [1.54, 1.807) is 20.8 Å². The third-order valence-corrected chi connectivity index (χ3v) is 7.57. The topological polar surface area (TPSA) is 114 Å². The highest BCUT2D eigenvalue weighted by Crippen LogP contribution is 2.48. The number of aliphatic hydroxyl groups excluding tert-OH is 1. The number of aliphatic hydroxyl groups is 1. The van der Waals surface area contributed by atoms with Crippen LogP contribution in [0.1, 0.15) is 107 Å². The maximum Gasteiger partial charge on any atom is 0.253 e. The Morgan fingerprint density at radius 3 is 1.93 bits per heavy atom. The van der Waals surface area contributed by atoms with E-state index in [2.05, 4.69) is 51.7 Å². The quantitative estimate of drug-likeness (QED) is 0.176. The molecule has 1 aliphatic rings. The number of ether oxygens (including phenoxy) is 7. The van der Waals surface area contributed by atoms with E-state index in [0.29, 0.717) is 6.61 Å². The van der Waals surface area contributed by atoms with Gasteiger partial charge in [-0.25, -0.2) is 0 Å². The molecule has 41 heavy (non-hydrogen) atoms. The number of hydrogen-bond donors (Lipinski definition) is 2. The van der Waals surface area contributed by atoms with Crippen molar-refractivity contribution in [2.45, 2.75) is 152 Å². The zero-order chi connectivity index (χ0) is 31.3. The Morgan fingerprint density at radius 2 is 1.41 bits per heavy atom. The maximum atomic E-state index is 9.50. The molecule has 8 atom stereocenters. The Bertz CT molecular complexity index is 958. The number of nitrogens with zero attached hydrogens (tertiary/aromatic N) is 1. The maximum absolute atomic E-state index is 9.50. The summed E-state index contributed by atoms with van der Waals surface area (Å²) in [5, 5.41) is 9.50. The molecule has 0 fully saturated rings. The SMILES string of the molecule is CCOC(C)OC(C)OC(C)(OC(C)OC(C)OC(C)OC(C)O)N1c2cc(C(C)C)c(N)cc2CC(C)C1(C)C. The van der Waals surface area contributed by atoms with Crippen LogP contribution < -0.4 is 10.6 Å². The molecule has 0 amide bonds. The van der Waals surface area contributed by atoms with Crippen LogP contribution in [0.3, 0.4) is 0 Å². The molecule has 8 unspecified atom stereocenters. The van der Waals surface area contributed by atoms with Crippen molar-refractivity contribution in [3.63, 3.8) is 0 Å². The van der Waals surface area contributed by atoms with Crippen molar-refractivity contribution in [2.75, 3.05) is 17.2 Å². The second-order valence-corrected chi connectivity index (χ2v) is 11.9. The van der Waals surface area contributed by atoms with Crippen molar-refractivity contribution in [3.05, 3.63) is 23.3 Å². The molecule has 0 spiro atoms. The molecule has 1 aromatic carbocycles. The summed E-state index contributed by atoms with van der Waals surface area (Å²) in [4.78, 5) is 2.19. The lowest BCUT2D eigenvalue weighted by Crippen LogP contribution is -2.66. The van der Waals surface area contributed by atoms with Gasteiger partial charge in [0.2, 0.25) is 0 Å². The van der Waals surface area contributed by atoms with Crippen molar-refractivity contribution < 1.29 is 38.3 Å². The Labute approximate surface area is 247 Å². The molecular weight excluding hydrogens is 528 g/mol. The van der Waals surface area contributed by atoms with Gasteiger partial charge in [0.1, 0.15) is 0 Å². The second-order valence-electron chi connectivity index (χ2n) is 11.9. The van der Waals surface area contributed by atoms with Crippen LogP contribution in [0.25, 0.3) is 0 Å².